The molecule has 1 atom stereocenters. The summed E-state index contributed by atoms with van der Waals surface area (Å²) in [5.41, 5.74) is -3.84. The Balaban J connectivity index is 2.25. The first-order valence-electron chi connectivity index (χ1n) is 8.21. The standard InChI is InChI=1S/C19H17F3N2O4S/c1-12-3-7-15(8-4-12)29(27,28)11-18(2,26)17(25)24-14-6-5-13(10-23)16(9-14)19(20,21)22/h3-9,26H,11H2,1-2H3,(H,24,25). The van der Waals surface area contributed by atoms with Gasteiger partial charge >= 0.3 is 6.18 Å². The van der Waals surface area contributed by atoms with Gasteiger partial charge in [-0.25, -0.2) is 8.42 Å². The third kappa shape index (κ3) is 5.34. The molecule has 154 valence electrons. The molecule has 6 nitrogen and oxygen atoms in total. The molecular weight excluding hydrogens is 409 g/mol. The molecule has 0 saturated heterocycles. The van der Waals surface area contributed by atoms with Crippen LogP contribution in [0.2, 0.25) is 0 Å². The molecule has 0 spiro atoms. The summed E-state index contributed by atoms with van der Waals surface area (Å²) in [4.78, 5) is 12.2. The van der Waals surface area contributed by atoms with E-state index in [1.807, 2.05) is 0 Å². The van der Waals surface area contributed by atoms with E-state index in [1.165, 1.54) is 18.2 Å². The number of benzene rings is 2. The Morgan fingerprint density at radius 3 is 2.28 bits per heavy atom. The fraction of sp³-hybridized carbons (Fsp3) is 0.263. The molecule has 0 radical (unpaired) electrons. The van der Waals surface area contributed by atoms with Gasteiger partial charge in [0, 0.05) is 5.69 Å². The maximum Gasteiger partial charge on any atom is 0.417 e. The summed E-state index contributed by atoms with van der Waals surface area (Å²) in [5.74, 6) is -2.18. The van der Waals surface area contributed by atoms with Crippen LogP contribution in [0.3, 0.4) is 0 Å². The summed E-state index contributed by atoms with van der Waals surface area (Å²) >= 11 is 0. The average molecular weight is 426 g/mol. The fourth-order valence-electron chi connectivity index (χ4n) is 2.48. The van der Waals surface area contributed by atoms with Crippen LogP contribution in [0.25, 0.3) is 0 Å². The van der Waals surface area contributed by atoms with Crippen molar-refractivity contribution in [2.24, 2.45) is 0 Å². The molecule has 2 aromatic carbocycles. The van der Waals surface area contributed by atoms with Crippen molar-refractivity contribution in [3.63, 3.8) is 0 Å². The van der Waals surface area contributed by atoms with Crippen LogP contribution in [0.4, 0.5) is 18.9 Å². The van der Waals surface area contributed by atoms with Crippen molar-refractivity contribution in [2.75, 3.05) is 11.1 Å². The molecule has 0 aliphatic rings. The minimum Gasteiger partial charge on any atom is -0.379 e. The van der Waals surface area contributed by atoms with Gasteiger partial charge in [0.05, 0.1) is 27.8 Å². The molecule has 2 rings (SSSR count). The lowest BCUT2D eigenvalue weighted by Crippen LogP contribution is -2.45. The first kappa shape index (κ1) is 22.4. The van der Waals surface area contributed by atoms with E-state index in [4.69, 9.17) is 5.26 Å². The number of sulfone groups is 1. The maximum absolute atomic E-state index is 13.0. The molecule has 0 bridgehead atoms. The number of aryl methyl sites for hydroxylation is 1. The Morgan fingerprint density at radius 2 is 1.76 bits per heavy atom. The number of amides is 1. The number of carbonyl (C=O) groups is 1. The SMILES string of the molecule is Cc1ccc(S(=O)(=O)CC(C)(O)C(=O)Nc2ccc(C#N)c(C(F)(F)F)c2)cc1. The molecule has 0 aliphatic heterocycles. The van der Waals surface area contributed by atoms with Gasteiger partial charge in [-0.2, -0.15) is 18.4 Å². The molecule has 2 N–H and O–H groups in total. The second-order valence-electron chi connectivity index (χ2n) is 6.67. The highest BCUT2D eigenvalue weighted by molar-refractivity contribution is 7.91. The molecule has 0 aromatic heterocycles. The van der Waals surface area contributed by atoms with Crippen molar-refractivity contribution < 1.29 is 31.5 Å². The Hall–Kier alpha value is -2.90. The van der Waals surface area contributed by atoms with Gasteiger partial charge < -0.3 is 10.4 Å². The van der Waals surface area contributed by atoms with E-state index < -0.39 is 44.4 Å². The Morgan fingerprint density at radius 1 is 1.17 bits per heavy atom. The monoisotopic (exact) mass is 426 g/mol. The summed E-state index contributed by atoms with van der Waals surface area (Å²) < 4.78 is 64.0. The van der Waals surface area contributed by atoms with Crippen molar-refractivity contribution in [2.45, 2.75) is 30.5 Å². The summed E-state index contributed by atoms with van der Waals surface area (Å²) in [6, 6.07) is 9.63. The van der Waals surface area contributed by atoms with Crippen LogP contribution < -0.4 is 5.32 Å². The second kappa shape index (κ2) is 7.85. The third-order valence-corrected chi connectivity index (χ3v) is 5.98. The van der Waals surface area contributed by atoms with Gasteiger partial charge in [0.15, 0.2) is 15.4 Å². The molecule has 2 aromatic rings. The van der Waals surface area contributed by atoms with Crippen LogP contribution in [-0.2, 0) is 20.8 Å². The minimum absolute atomic E-state index is 0.103. The molecule has 1 unspecified atom stereocenters. The first-order valence-corrected chi connectivity index (χ1v) is 9.86. The lowest BCUT2D eigenvalue weighted by Gasteiger charge is -2.22. The van der Waals surface area contributed by atoms with E-state index in [2.05, 4.69) is 5.32 Å². The number of hydrogen-bond donors (Lipinski definition) is 2. The summed E-state index contributed by atoms with van der Waals surface area (Å²) in [6.07, 6.45) is -4.83. The van der Waals surface area contributed by atoms with Gasteiger partial charge in [0.25, 0.3) is 5.91 Å². The molecule has 0 aliphatic carbocycles. The number of hydrogen-bond acceptors (Lipinski definition) is 5. The van der Waals surface area contributed by atoms with E-state index in [0.29, 0.717) is 6.07 Å². The maximum atomic E-state index is 13.0. The number of nitrogens with one attached hydrogen (secondary N) is 1. The van der Waals surface area contributed by atoms with Crippen molar-refractivity contribution in [1.82, 2.24) is 0 Å². The number of anilines is 1. The molecule has 0 heterocycles. The third-order valence-electron chi connectivity index (χ3n) is 4.04. The van der Waals surface area contributed by atoms with Crippen LogP contribution in [0.5, 0.6) is 0 Å². The van der Waals surface area contributed by atoms with Crippen LogP contribution in [0, 0.1) is 18.3 Å². The smallest absolute Gasteiger partial charge is 0.379 e. The molecule has 29 heavy (non-hydrogen) atoms. The number of aliphatic hydroxyl groups is 1. The van der Waals surface area contributed by atoms with E-state index in [-0.39, 0.29) is 10.6 Å². The predicted molar refractivity (Wildman–Crippen MR) is 98.6 cm³/mol. The van der Waals surface area contributed by atoms with Crippen molar-refractivity contribution in [3.8, 4) is 6.07 Å². The van der Waals surface area contributed by atoms with Crippen LogP contribution >= 0.6 is 0 Å². The number of rotatable bonds is 5. The van der Waals surface area contributed by atoms with Crippen LogP contribution in [0.1, 0.15) is 23.6 Å². The van der Waals surface area contributed by atoms with Crippen molar-refractivity contribution >= 4 is 21.4 Å². The van der Waals surface area contributed by atoms with Crippen molar-refractivity contribution in [1.29, 1.82) is 5.26 Å². The number of halogens is 3. The van der Waals surface area contributed by atoms with Crippen LogP contribution in [-0.4, -0.2) is 30.8 Å². The lowest BCUT2D eigenvalue weighted by atomic mass is 10.1. The second-order valence-corrected chi connectivity index (χ2v) is 8.66. The number of carbonyl (C=O) groups excluding carboxylic acids is 1. The molecular formula is C19H17F3N2O4S. The first-order chi connectivity index (χ1) is 13.3. The minimum atomic E-state index is -4.83. The predicted octanol–water partition coefficient (Wildman–Crippen LogP) is 3.05. The Labute approximate surface area is 165 Å². The van der Waals surface area contributed by atoms with Gasteiger partial charge in [-0.3, -0.25) is 4.79 Å². The summed E-state index contributed by atoms with van der Waals surface area (Å²) in [6.45, 7) is 2.70. The molecule has 0 saturated carbocycles. The average Bonchev–Trinajstić information content (AvgIpc) is 2.60. The van der Waals surface area contributed by atoms with Gasteiger partial charge in [-0.05, 0) is 44.2 Å². The zero-order chi connectivity index (χ0) is 22.0. The summed E-state index contributed by atoms with van der Waals surface area (Å²) in [7, 11) is -4.05. The van der Waals surface area contributed by atoms with Gasteiger partial charge in [0.2, 0.25) is 0 Å². The summed E-state index contributed by atoms with van der Waals surface area (Å²) in [5, 5.41) is 21.2. The van der Waals surface area contributed by atoms with Crippen LogP contribution in [0.15, 0.2) is 47.4 Å². The van der Waals surface area contributed by atoms with E-state index in [0.717, 1.165) is 24.6 Å². The van der Waals surface area contributed by atoms with Crippen molar-refractivity contribution in [3.05, 3.63) is 59.2 Å². The Bertz CT molecular complexity index is 1070. The van der Waals surface area contributed by atoms with Gasteiger partial charge in [-0.15, -0.1) is 0 Å². The number of nitriles is 1. The zero-order valence-corrected chi connectivity index (χ0v) is 16.2. The topological polar surface area (TPSA) is 107 Å². The fourth-order valence-corrected chi connectivity index (χ4v) is 4.07. The highest BCUT2D eigenvalue weighted by Gasteiger charge is 2.38. The zero-order valence-electron chi connectivity index (χ0n) is 15.4. The highest BCUT2D eigenvalue weighted by Crippen LogP contribution is 2.33. The normalized spacial score (nSPS) is 14.0. The van der Waals surface area contributed by atoms with E-state index in [1.54, 1.807) is 19.1 Å². The van der Waals surface area contributed by atoms with Gasteiger partial charge in [-0.1, -0.05) is 17.7 Å². The highest BCUT2D eigenvalue weighted by atomic mass is 32.2. The quantitative estimate of drug-likeness (QED) is 0.764. The van der Waals surface area contributed by atoms with E-state index >= 15 is 0 Å². The number of alkyl halides is 3. The van der Waals surface area contributed by atoms with Gasteiger partial charge in [0.1, 0.15) is 0 Å². The lowest BCUT2D eigenvalue weighted by molar-refractivity contribution is -0.137. The molecule has 10 heteroatoms. The molecule has 0 fully saturated rings. The number of nitrogens with zero attached hydrogens (tertiary/aromatic N) is 1. The Kier molecular flexibility index (Phi) is 6.06. The molecule has 1 amide bonds. The largest absolute Gasteiger partial charge is 0.417 e. The van der Waals surface area contributed by atoms with E-state index in [9.17, 15) is 31.5 Å².